The number of aromatic amines is 1. The Hall–Kier alpha value is -2.80. The molecule has 0 aromatic carbocycles. The van der Waals surface area contributed by atoms with Gasteiger partial charge in [0.05, 0.1) is 24.0 Å². The van der Waals surface area contributed by atoms with Crippen LogP contribution in [0.5, 0.6) is 0 Å². The lowest BCUT2D eigenvalue weighted by Crippen LogP contribution is -2.39. The van der Waals surface area contributed by atoms with E-state index in [-0.39, 0.29) is 24.1 Å². The Morgan fingerprint density at radius 2 is 2.03 bits per heavy atom. The molecule has 0 aliphatic carbocycles. The van der Waals surface area contributed by atoms with Crippen LogP contribution in [-0.2, 0) is 34.3 Å². The van der Waals surface area contributed by atoms with Gasteiger partial charge in [0, 0.05) is 11.4 Å². The summed E-state index contributed by atoms with van der Waals surface area (Å²) in [6.07, 6.45) is 0.440. The second-order valence-electron chi connectivity index (χ2n) is 8.93. The van der Waals surface area contributed by atoms with Crippen LogP contribution in [0, 0.1) is 0 Å². The molecule has 0 fully saturated rings. The van der Waals surface area contributed by atoms with Gasteiger partial charge in [0.15, 0.2) is 7.05 Å². The van der Waals surface area contributed by atoms with Gasteiger partial charge in [-0.2, -0.15) is 0 Å². The number of anilines is 1. The Kier molecular flexibility index (Phi) is 8.31. The fourth-order valence-electron chi connectivity index (χ4n) is 3.50. The second-order valence-corrected chi connectivity index (χ2v) is 11.2. The van der Waals surface area contributed by atoms with E-state index >= 15 is 0 Å². The first-order valence-electron chi connectivity index (χ1n) is 11.3. The van der Waals surface area contributed by atoms with Crippen LogP contribution in [0.15, 0.2) is 14.3 Å². The third-order valence-electron chi connectivity index (χ3n) is 5.10. The lowest BCUT2D eigenvalue weighted by molar-refractivity contribution is -0.772. The molecule has 0 radical (unpaired) electrons. The van der Waals surface area contributed by atoms with Crippen LogP contribution in [0.1, 0.15) is 61.8 Å². The summed E-state index contributed by atoms with van der Waals surface area (Å²) < 4.78 is 16.9. The molecule has 0 bridgehead atoms. The van der Waals surface area contributed by atoms with E-state index in [0.717, 1.165) is 22.2 Å². The Bertz CT molecular complexity index is 1160. The van der Waals surface area contributed by atoms with Crippen molar-refractivity contribution in [3.8, 4) is 0 Å². The highest BCUT2D eigenvalue weighted by atomic mass is 32.2. The lowest BCUT2D eigenvalue weighted by atomic mass is 10.0. The number of aryl methyl sites for hydroxylation is 1. The number of aromatic nitrogens is 2. The number of hydrogen-bond donors (Lipinski definition) is 2. The predicted octanol–water partition coefficient (Wildman–Crippen LogP) is 2.83. The fraction of sp³-hybridized carbons (Fsp3) is 0.591. The minimum atomic E-state index is -0.623. The number of amides is 2. The van der Waals surface area contributed by atoms with Crippen molar-refractivity contribution in [3.63, 3.8) is 0 Å². The lowest BCUT2D eigenvalue weighted by Gasteiger charge is -2.30. The van der Waals surface area contributed by atoms with Crippen molar-refractivity contribution in [2.75, 3.05) is 18.5 Å². The van der Waals surface area contributed by atoms with Gasteiger partial charge in [0.25, 0.3) is 0 Å². The zero-order valence-corrected chi connectivity index (χ0v) is 22.3. The SMILES string of the molecule is CCOC(=O)c1c(NC(=O)C(CC)Sc2c(=O)o[nH][n+]2C)sc2c1CCN(C(=O)OC(C)(C)C)C2. The van der Waals surface area contributed by atoms with Crippen LogP contribution >= 0.6 is 23.1 Å². The van der Waals surface area contributed by atoms with Crippen molar-refractivity contribution in [2.45, 2.75) is 69.9 Å². The number of nitrogens with one attached hydrogen (secondary N) is 2. The maximum atomic E-state index is 13.2. The summed E-state index contributed by atoms with van der Waals surface area (Å²) in [4.78, 5) is 52.8. The molecule has 2 aromatic rings. The van der Waals surface area contributed by atoms with Crippen LogP contribution in [0.4, 0.5) is 9.80 Å². The van der Waals surface area contributed by atoms with Gasteiger partial charge in [-0.05, 0) is 63.1 Å². The van der Waals surface area contributed by atoms with Gasteiger partial charge in [-0.15, -0.1) is 11.3 Å². The van der Waals surface area contributed by atoms with E-state index in [1.807, 2.05) is 6.92 Å². The number of carbonyl (C=O) groups excluding carboxylic acids is 3. The topological polar surface area (TPSA) is 135 Å². The van der Waals surface area contributed by atoms with Crippen LogP contribution < -0.4 is 15.6 Å². The average molecular weight is 528 g/mol. The van der Waals surface area contributed by atoms with E-state index in [9.17, 15) is 19.2 Å². The largest absolute Gasteiger partial charge is 0.462 e. The van der Waals surface area contributed by atoms with Gasteiger partial charge >= 0.3 is 22.7 Å². The molecule has 0 spiro atoms. The van der Waals surface area contributed by atoms with E-state index in [2.05, 4.69) is 10.6 Å². The van der Waals surface area contributed by atoms with E-state index in [4.69, 9.17) is 14.0 Å². The quantitative estimate of drug-likeness (QED) is 0.319. The molecule has 1 atom stereocenters. The average Bonchev–Trinajstić information content (AvgIpc) is 3.29. The number of hydrogen-bond acceptors (Lipinski definition) is 9. The molecule has 11 nitrogen and oxygen atoms in total. The first-order chi connectivity index (χ1) is 16.4. The zero-order chi connectivity index (χ0) is 25.9. The van der Waals surface area contributed by atoms with Gasteiger partial charge in [-0.1, -0.05) is 11.6 Å². The predicted molar refractivity (Wildman–Crippen MR) is 130 cm³/mol. The van der Waals surface area contributed by atoms with Crippen LogP contribution in [0.25, 0.3) is 0 Å². The van der Waals surface area contributed by atoms with Crippen molar-refractivity contribution in [3.05, 3.63) is 26.4 Å². The maximum absolute atomic E-state index is 13.2. The molecule has 1 aliphatic rings. The molecule has 0 saturated heterocycles. The van der Waals surface area contributed by atoms with Crippen molar-refractivity contribution >= 4 is 46.1 Å². The Morgan fingerprint density at radius 1 is 1.31 bits per heavy atom. The highest BCUT2D eigenvalue weighted by Crippen LogP contribution is 2.38. The van der Waals surface area contributed by atoms with E-state index in [0.29, 0.717) is 30.0 Å². The Morgan fingerprint density at radius 3 is 2.60 bits per heavy atom. The van der Waals surface area contributed by atoms with Gasteiger partial charge in [-0.25, -0.2) is 14.4 Å². The third kappa shape index (κ3) is 6.26. The summed E-state index contributed by atoms with van der Waals surface area (Å²) >= 11 is 2.32. The van der Waals surface area contributed by atoms with Gasteiger partial charge in [0.2, 0.25) is 5.91 Å². The molecule has 0 saturated carbocycles. The molecule has 3 heterocycles. The van der Waals surface area contributed by atoms with Crippen LogP contribution in [0.2, 0.25) is 0 Å². The van der Waals surface area contributed by atoms with E-state index in [1.54, 1.807) is 39.6 Å². The number of esters is 1. The molecule has 192 valence electrons. The smallest absolute Gasteiger partial charge is 0.441 e. The summed E-state index contributed by atoms with van der Waals surface area (Å²) in [6, 6.07) is 0. The van der Waals surface area contributed by atoms with E-state index < -0.39 is 28.5 Å². The number of fused-ring (bicyclic) bond motifs is 1. The van der Waals surface area contributed by atoms with Gasteiger partial charge in [0.1, 0.15) is 10.6 Å². The molecule has 1 unspecified atom stereocenters. The molecule has 3 rings (SSSR count). The summed E-state index contributed by atoms with van der Waals surface area (Å²) in [7, 11) is 1.61. The molecule has 35 heavy (non-hydrogen) atoms. The minimum absolute atomic E-state index is 0.189. The van der Waals surface area contributed by atoms with Crippen molar-refractivity contribution in [1.29, 1.82) is 0 Å². The second kappa shape index (κ2) is 10.9. The number of carbonyl (C=O) groups is 3. The van der Waals surface area contributed by atoms with Crippen LogP contribution in [0.3, 0.4) is 0 Å². The van der Waals surface area contributed by atoms with Crippen molar-refractivity contribution in [1.82, 2.24) is 10.2 Å². The number of thiophene rings is 1. The Balaban J connectivity index is 1.86. The third-order valence-corrected chi connectivity index (χ3v) is 7.72. The standard InChI is InChI=1S/C22H30N4O7S2/c1-7-13(35-18-20(29)33-24-25(18)6)16(27)23-17-15(19(28)31-8-2)12-9-10-26(11-14(12)34-17)21(30)32-22(3,4)5/h13H,7-11H2,1-6H3,(H-,23,24,27,28,29)/p+1. The highest BCUT2D eigenvalue weighted by molar-refractivity contribution is 8.00. The normalized spacial score (nSPS) is 14.3. The highest BCUT2D eigenvalue weighted by Gasteiger charge is 2.34. The fourth-order valence-corrected chi connectivity index (χ4v) is 5.69. The number of thioether (sulfide) groups is 1. The van der Waals surface area contributed by atoms with Crippen molar-refractivity contribution < 1.29 is 33.1 Å². The minimum Gasteiger partial charge on any atom is -0.462 e. The molecule has 1 aliphatic heterocycles. The first kappa shape index (κ1) is 26.8. The zero-order valence-electron chi connectivity index (χ0n) is 20.7. The van der Waals surface area contributed by atoms with Gasteiger partial charge < -0.3 is 19.7 Å². The summed E-state index contributed by atoms with van der Waals surface area (Å²) in [6.45, 7) is 9.79. The molecular weight excluding hydrogens is 496 g/mol. The van der Waals surface area contributed by atoms with E-state index in [1.165, 1.54) is 16.0 Å². The number of H-pyrrole nitrogens is 1. The summed E-state index contributed by atoms with van der Waals surface area (Å²) in [5.41, 5.74) is -0.107. The molecular formula is C22H31N4O7S2+. The number of nitrogens with zero attached hydrogens (tertiary/aromatic N) is 2. The summed E-state index contributed by atoms with van der Waals surface area (Å²) in [5.74, 6) is -0.879. The van der Waals surface area contributed by atoms with Crippen molar-refractivity contribution in [2.24, 2.45) is 7.05 Å². The van der Waals surface area contributed by atoms with Crippen LogP contribution in [-0.4, -0.2) is 52.1 Å². The molecule has 2 N–H and O–H groups in total. The molecule has 2 aromatic heterocycles. The Labute approximate surface area is 211 Å². The number of rotatable bonds is 7. The first-order valence-corrected chi connectivity index (χ1v) is 13.0. The number of ether oxygens (including phenoxy) is 2. The van der Waals surface area contributed by atoms with Gasteiger partial charge in [-0.3, -0.25) is 9.32 Å². The monoisotopic (exact) mass is 527 g/mol. The maximum Gasteiger partial charge on any atom is 0.441 e. The molecule has 2 amide bonds. The molecule has 13 heteroatoms. The summed E-state index contributed by atoms with van der Waals surface area (Å²) in [5, 5.41) is 5.32.